The van der Waals surface area contributed by atoms with Crippen molar-refractivity contribution >= 4 is 44.5 Å². The highest BCUT2D eigenvalue weighted by molar-refractivity contribution is 14.1. The van der Waals surface area contributed by atoms with Crippen LogP contribution in [-0.2, 0) is 37.1 Å². The Morgan fingerprint density at radius 3 is 1.83 bits per heavy atom. The van der Waals surface area contributed by atoms with Crippen molar-refractivity contribution in [3.63, 3.8) is 0 Å². The predicted molar refractivity (Wildman–Crippen MR) is 114 cm³/mol. The van der Waals surface area contributed by atoms with Crippen molar-refractivity contribution in [1.82, 2.24) is 0 Å². The summed E-state index contributed by atoms with van der Waals surface area (Å²) in [6, 6.07) is 0. The Labute approximate surface area is 190 Å². The van der Waals surface area contributed by atoms with Crippen LogP contribution in [0.25, 0.3) is 0 Å². The molecule has 29 heavy (non-hydrogen) atoms. The molecule has 0 aromatic heterocycles. The van der Waals surface area contributed by atoms with E-state index < -0.39 is 49.1 Å². The smallest absolute Gasteiger partial charge is 0.470 e. The second kappa shape index (κ2) is 11.1. The first-order chi connectivity index (χ1) is 13.6. The van der Waals surface area contributed by atoms with Gasteiger partial charge in [0.1, 0.15) is 6.10 Å². The molecule has 0 N–H and O–H groups in total. The summed E-state index contributed by atoms with van der Waals surface area (Å²) in [5, 5.41) is 0. The van der Waals surface area contributed by atoms with Crippen molar-refractivity contribution in [2.75, 3.05) is 0 Å². The summed E-state index contributed by atoms with van der Waals surface area (Å²) in [4.78, 5) is 23.5. The van der Waals surface area contributed by atoms with Crippen molar-refractivity contribution in [3.8, 4) is 0 Å². The molecule has 2 saturated heterocycles. The average molecular weight is 542 g/mol. The number of hydrogen-bond donors (Lipinski definition) is 0. The van der Waals surface area contributed by atoms with Gasteiger partial charge in [0, 0.05) is 25.7 Å². The van der Waals surface area contributed by atoms with Crippen LogP contribution in [-0.4, -0.2) is 67.3 Å². The first-order valence-corrected chi connectivity index (χ1v) is 15.7. The molecule has 2 aliphatic rings. The zero-order valence-corrected chi connectivity index (χ0v) is 21.7. The molecule has 0 aromatic carbocycles. The van der Waals surface area contributed by atoms with E-state index in [1.807, 2.05) is 27.7 Å². The average Bonchev–Trinajstić information content (AvgIpc) is 2.63. The molecule has 2 rings (SSSR count). The highest BCUT2D eigenvalue weighted by Crippen LogP contribution is 2.37. The van der Waals surface area contributed by atoms with Gasteiger partial charge < -0.3 is 27.5 Å². The Kier molecular flexibility index (Phi) is 9.66. The van der Waals surface area contributed by atoms with E-state index in [2.05, 4.69) is 27.2 Å². The van der Waals surface area contributed by atoms with Crippen LogP contribution in [0.5, 0.6) is 0 Å². The highest BCUT2D eigenvalue weighted by atomic mass is 127. The summed E-state index contributed by atoms with van der Waals surface area (Å²) < 4.78 is 35.4. The van der Waals surface area contributed by atoms with E-state index in [4.69, 9.17) is 27.5 Å². The summed E-state index contributed by atoms with van der Waals surface area (Å²) in [5.74, 6) is -0.685. The number of halogens is 1. The normalized spacial score (nSPS) is 42.8. The van der Waals surface area contributed by atoms with E-state index in [0.29, 0.717) is 0 Å². The van der Waals surface area contributed by atoms with Gasteiger partial charge in [0.05, 0.1) is 12.2 Å². The predicted octanol–water partition coefficient (Wildman–Crippen LogP) is 2.35. The molecular weight excluding hydrogens is 510 g/mol. The van der Waals surface area contributed by atoms with Crippen LogP contribution in [0.2, 0.25) is 0 Å². The molecule has 8 nitrogen and oxygen atoms in total. The molecule has 0 saturated carbocycles. The first-order valence-electron chi connectivity index (χ1n) is 10.0. The Balaban J connectivity index is 2.30. The van der Waals surface area contributed by atoms with Crippen LogP contribution in [0.15, 0.2) is 0 Å². The molecule has 0 amide bonds. The van der Waals surface area contributed by atoms with Gasteiger partial charge in [-0.1, -0.05) is 20.8 Å². The van der Waals surface area contributed by atoms with E-state index in [-0.39, 0.29) is 35.9 Å². The van der Waals surface area contributed by atoms with Gasteiger partial charge in [0.25, 0.3) is 0 Å². The fraction of sp³-hybridized carbons (Fsp3) is 0.895. The summed E-state index contributed by atoms with van der Waals surface area (Å²) in [6.07, 6.45) is -3.52. The molecule has 0 aliphatic carbocycles. The fourth-order valence-corrected chi connectivity index (χ4v) is 5.31. The summed E-state index contributed by atoms with van der Waals surface area (Å²) in [7, 11) is 0. The minimum absolute atomic E-state index is 0.0428. The molecule has 0 bridgehead atoms. The van der Waals surface area contributed by atoms with Crippen molar-refractivity contribution < 1.29 is 37.1 Å². The van der Waals surface area contributed by atoms with E-state index in [0.717, 1.165) is 0 Å². The lowest BCUT2D eigenvalue weighted by Crippen LogP contribution is -2.60. The third kappa shape index (κ3) is 6.28. The Morgan fingerprint density at radius 1 is 0.759 bits per heavy atom. The third-order valence-electron chi connectivity index (χ3n) is 6.03. The lowest BCUT2D eigenvalue weighted by Gasteiger charge is -2.48. The fourth-order valence-electron chi connectivity index (χ4n) is 3.85. The lowest BCUT2D eigenvalue weighted by atomic mass is 9.83. The maximum Gasteiger partial charge on any atom is 0.527 e. The van der Waals surface area contributed by atoms with Gasteiger partial charge in [-0.15, -0.1) is 0 Å². The van der Waals surface area contributed by atoms with Crippen molar-refractivity contribution in [2.24, 2.45) is 17.8 Å². The first kappa shape index (κ1) is 25.3. The number of hydrogen-bond acceptors (Lipinski definition) is 8. The molecule has 10 atom stereocenters. The molecule has 10 heteroatoms. The van der Waals surface area contributed by atoms with Crippen LogP contribution in [0.4, 0.5) is 0 Å². The summed E-state index contributed by atoms with van der Waals surface area (Å²) >= 11 is 1.36. The SMILES string of the molecule is CC(=O)OC1[C@H](O[C@@H]2C(OC(C)=O)[C@H]([O][AlH][I])OC(C)[C@@H]2C)OC(C)[C@H](C)[C@@H]1C. The van der Waals surface area contributed by atoms with Crippen LogP contribution in [0.1, 0.15) is 48.5 Å². The van der Waals surface area contributed by atoms with Gasteiger partial charge >= 0.3 is 24.2 Å². The molecule has 2 aliphatic heterocycles. The zero-order chi connectivity index (χ0) is 21.9. The van der Waals surface area contributed by atoms with E-state index in [1.54, 1.807) is 0 Å². The molecule has 166 valence electrons. The van der Waals surface area contributed by atoms with E-state index in [9.17, 15) is 9.59 Å². The quantitative estimate of drug-likeness (QED) is 0.287. The number of carbonyl (C=O) groups is 2. The van der Waals surface area contributed by atoms with Gasteiger partial charge in [0.2, 0.25) is 0 Å². The van der Waals surface area contributed by atoms with Crippen molar-refractivity contribution in [3.05, 3.63) is 0 Å². The van der Waals surface area contributed by atoms with Crippen LogP contribution < -0.4 is 0 Å². The minimum Gasteiger partial charge on any atom is -0.470 e. The van der Waals surface area contributed by atoms with E-state index >= 15 is 0 Å². The lowest BCUT2D eigenvalue weighted by molar-refractivity contribution is -0.330. The molecule has 2 heterocycles. The van der Waals surface area contributed by atoms with Crippen molar-refractivity contribution in [1.29, 1.82) is 0 Å². The number of esters is 2. The van der Waals surface area contributed by atoms with Gasteiger partial charge in [-0.2, -0.15) is 20.3 Å². The minimum atomic E-state index is -0.842. The monoisotopic (exact) mass is 542 g/mol. The second-order valence-corrected chi connectivity index (χ2v) is 10.4. The molecule has 0 spiro atoms. The van der Waals surface area contributed by atoms with Crippen molar-refractivity contribution in [2.45, 2.75) is 91.6 Å². The molecule has 0 radical (unpaired) electrons. The summed E-state index contributed by atoms with van der Waals surface area (Å²) in [6.45, 7) is 12.7. The molecule has 2 fully saturated rings. The number of ether oxygens (including phenoxy) is 5. The number of carbonyl (C=O) groups excluding carboxylic acids is 2. The van der Waals surface area contributed by atoms with Crippen LogP contribution in [0.3, 0.4) is 0 Å². The Hall–Kier alpha value is 0.0425. The third-order valence-corrected chi connectivity index (χ3v) is 7.56. The van der Waals surface area contributed by atoms with E-state index in [1.165, 1.54) is 13.8 Å². The standard InChI is InChI=1S/C19H31O8.Al.HI.H/c1-8-9(2)16(25-13(6)20)19(24-11(8)4)27-15-10(3)12(5)23-18(22)17(15)26-14(7)21;;;/h8-12,15-19H,1-7H3;;1H;/q-1;+2;;/p-1/t8-,9+,10+,11?,12?,15+,16?,17?,18-,19+;;;/m1.../s1. The van der Waals surface area contributed by atoms with Crippen LogP contribution >= 0.6 is 20.3 Å². The Morgan fingerprint density at radius 2 is 1.28 bits per heavy atom. The van der Waals surface area contributed by atoms with Gasteiger partial charge in [-0.3, -0.25) is 9.59 Å². The highest BCUT2D eigenvalue weighted by Gasteiger charge is 2.50. The Bertz CT molecular complexity index is 578. The van der Waals surface area contributed by atoms with Gasteiger partial charge in [-0.05, 0) is 19.8 Å². The maximum absolute atomic E-state index is 11.8. The van der Waals surface area contributed by atoms with Gasteiger partial charge in [0.15, 0.2) is 24.8 Å². The largest absolute Gasteiger partial charge is 0.527 e. The topological polar surface area (TPSA) is 89.5 Å². The zero-order valence-electron chi connectivity index (χ0n) is 18.1. The second-order valence-electron chi connectivity index (χ2n) is 8.02. The number of rotatable bonds is 6. The molecular formula is C19H32AlIO8. The summed E-state index contributed by atoms with van der Waals surface area (Å²) in [5.41, 5.74) is 0. The molecule has 0 aromatic rings. The van der Waals surface area contributed by atoms with Crippen LogP contribution in [0, 0.1) is 17.8 Å². The molecule has 4 unspecified atom stereocenters. The van der Waals surface area contributed by atoms with Gasteiger partial charge in [-0.25, -0.2) is 0 Å². The maximum atomic E-state index is 11.8.